The fraction of sp³-hybridized carbons (Fsp3) is 0.261. The number of furan rings is 1. The van der Waals surface area contributed by atoms with Crippen LogP contribution < -0.4 is 5.32 Å². The number of piperidine rings is 1. The molecular formula is C23H23N5O4S2. The Morgan fingerprint density at radius 2 is 1.88 bits per heavy atom. The number of hydrogen-bond donors (Lipinski definition) is 1. The highest BCUT2D eigenvalue weighted by Gasteiger charge is 2.26. The summed E-state index contributed by atoms with van der Waals surface area (Å²) in [5, 5.41) is 9.75. The van der Waals surface area contributed by atoms with E-state index in [0.29, 0.717) is 46.8 Å². The quantitative estimate of drug-likeness (QED) is 0.425. The minimum atomic E-state index is -3.55. The third-order valence-electron chi connectivity index (χ3n) is 5.59. The molecule has 1 aromatic carbocycles. The number of thiazole rings is 1. The summed E-state index contributed by atoms with van der Waals surface area (Å²) in [6, 6.07) is 11.4. The summed E-state index contributed by atoms with van der Waals surface area (Å²) < 4.78 is 34.2. The van der Waals surface area contributed by atoms with E-state index in [2.05, 4.69) is 15.4 Å². The number of carbonyl (C=O) groups is 1. The Morgan fingerprint density at radius 1 is 1.12 bits per heavy atom. The number of nitrogens with one attached hydrogen (secondary N) is 1. The van der Waals surface area contributed by atoms with Crippen LogP contribution in [0.3, 0.4) is 0 Å². The molecule has 1 aliphatic rings. The van der Waals surface area contributed by atoms with Gasteiger partial charge in [0.2, 0.25) is 15.2 Å². The standard InChI is InChI=1S/C23H23N5O4S2/c1-16-14-21(28(26-16)23-24-19(15-33-23)20-6-5-13-32-20)25-22(29)17-7-9-18(10-8-17)34(30,31)27-11-3-2-4-12-27/h5-10,13-15H,2-4,11-12H2,1H3,(H,25,29). The van der Waals surface area contributed by atoms with E-state index in [-0.39, 0.29) is 10.8 Å². The molecule has 11 heteroatoms. The number of carbonyl (C=O) groups excluding carboxylic acids is 1. The maximum Gasteiger partial charge on any atom is 0.256 e. The van der Waals surface area contributed by atoms with Gasteiger partial charge in [0.15, 0.2) is 5.76 Å². The van der Waals surface area contributed by atoms with E-state index in [9.17, 15) is 13.2 Å². The molecule has 1 N–H and O–H groups in total. The fourth-order valence-electron chi connectivity index (χ4n) is 3.85. The van der Waals surface area contributed by atoms with Gasteiger partial charge >= 0.3 is 0 Å². The van der Waals surface area contributed by atoms with Crippen molar-refractivity contribution >= 4 is 33.1 Å². The Kier molecular flexibility index (Phi) is 6.07. The number of nitrogens with zero attached hydrogens (tertiary/aromatic N) is 4. The van der Waals surface area contributed by atoms with Crippen molar-refractivity contribution in [1.82, 2.24) is 19.1 Å². The highest BCUT2D eigenvalue weighted by molar-refractivity contribution is 7.89. The van der Waals surface area contributed by atoms with Crippen LogP contribution in [0.15, 0.2) is 63.4 Å². The molecule has 1 saturated heterocycles. The van der Waals surface area contributed by atoms with Gasteiger partial charge in [-0.1, -0.05) is 6.42 Å². The van der Waals surface area contributed by atoms with Gasteiger partial charge in [-0.25, -0.2) is 13.4 Å². The maximum atomic E-state index is 12.9. The average molecular weight is 498 g/mol. The number of rotatable bonds is 6. The molecule has 1 amide bonds. The second-order valence-corrected chi connectivity index (χ2v) is 10.8. The van der Waals surface area contributed by atoms with E-state index in [4.69, 9.17) is 4.42 Å². The maximum absolute atomic E-state index is 12.9. The average Bonchev–Trinajstić information content (AvgIpc) is 3.61. The molecule has 0 saturated carbocycles. The van der Waals surface area contributed by atoms with E-state index in [0.717, 1.165) is 19.3 Å². The lowest BCUT2D eigenvalue weighted by Gasteiger charge is -2.25. The Hall–Kier alpha value is -3.28. The Labute approximate surface area is 201 Å². The third kappa shape index (κ3) is 4.41. The zero-order chi connectivity index (χ0) is 23.7. The number of sulfonamides is 1. The van der Waals surface area contributed by atoms with Gasteiger partial charge in [0.1, 0.15) is 11.5 Å². The van der Waals surface area contributed by atoms with Crippen molar-refractivity contribution in [1.29, 1.82) is 0 Å². The minimum Gasteiger partial charge on any atom is -0.463 e. The molecule has 3 aromatic heterocycles. The molecule has 0 unspecified atom stereocenters. The van der Waals surface area contributed by atoms with Crippen LogP contribution >= 0.6 is 11.3 Å². The van der Waals surface area contributed by atoms with Crippen molar-refractivity contribution in [2.45, 2.75) is 31.1 Å². The molecule has 4 heterocycles. The van der Waals surface area contributed by atoms with Crippen molar-refractivity contribution in [2.24, 2.45) is 0 Å². The first-order chi connectivity index (χ1) is 16.4. The topological polar surface area (TPSA) is 110 Å². The van der Waals surface area contributed by atoms with Gasteiger partial charge in [-0.05, 0) is 56.2 Å². The number of anilines is 1. The first kappa shape index (κ1) is 22.5. The molecule has 1 fully saturated rings. The molecule has 176 valence electrons. The number of aromatic nitrogens is 3. The van der Waals surface area contributed by atoms with E-state index in [1.165, 1.54) is 39.9 Å². The summed E-state index contributed by atoms with van der Waals surface area (Å²) in [5.41, 5.74) is 1.74. The molecule has 0 bridgehead atoms. The predicted molar refractivity (Wildman–Crippen MR) is 129 cm³/mol. The molecule has 0 aliphatic carbocycles. The van der Waals surface area contributed by atoms with Gasteiger partial charge in [0.25, 0.3) is 5.91 Å². The second kappa shape index (κ2) is 9.16. The smallest absolute Gasteiger partial charge is 0.256 e. The number of benzene rings is 1. The largest absolute Gasteiger partial charge is 0.463 e. The number of aryl methyl sites for hydroxylation is 1. The summed E-state index contributed by atoms with van der Waals surface area (Å²) >= 11 is 1.38. The number of amides is 1. The Bertz CT molecular complexity index is 1400. The molecule has 4 aromatic rings. The predicted octanol–water partition coefficient (Wildman–Crippen LogP) is 4.32. The van der Waals surface area contributed by atoms with Crippen LogP contribution in [-0.4, -0.2) is 46.5 Å². The lowest BCUT2D eigenvalue weighted by molar-refractivity contribution is 0.102. The molecule has 0 spiro atoms. The summed E-state index contributed by atoms with van der Waals surface area (Å²) in [7, 11) is -3.55. The van der Waals surface area contributed by atoms with Gasteiger partial charge in [-0.3, -0.25) is 4.79 Å². The van der Waals surface area contributed by atoms with Crippen LogP contribution in [0.1, 0.15) is 35.3 Å². The second-order valence-electron chi connectivity index (χ2n) is 8.02. The van der Waals surface area contributed by atoms with Crippen LogP contribution in [0.4, 0.5) is 5.82 Å². The highest BCUT2D eigenvalue weighted by Crippen LogP contribution is 2.27. The molecule has 1 aliphatic heterocycles. The lowest BCUT2D eigenvalue weighted by Crippen LogP contribution is -2.35. The van der Waals surface area contributed by atoms with Crippen LogP contribution in [0.25, 0.3) is 16.6 Å². The fourth-order valence-corrected chi connectivity index (χ4v) is 6.15. The summed E-state index contributed by atoms with van der Waals surface area (Å²) in [5.74, 6) is 0.746. The Balaban J connectivity index is 1.34. The SMILES string of the molecule is Cc1cc(NC(=O)c2ccc(S(=O)(=O)N3CCCCC3)cc2)n(-c2nc(-c3ccco3)cs2)n1. The van der Waals surface area contributed by atoms with Gasteiger partial charge in [-0.2, -0.15) is 14.1 Å². The van der Waals surface area contributed by atoms with Crippen molar-refractivity contribution in [3.8, 4) is 16.6 Å². The monoisotopic (exact) mass is 497 g/mol. The van der Waals surface area contributed by atoms with Crippen molar-refractivity contribution in [3.63, 3.8) is 0 Å². The van der Waals surface area contributed by atoms with Gasteiger partial charge in [-0.15, -0.1) is 11.3 Å². The third-order valence-corrected chi connectivity index (χ3v) is 8.32. The van der Waals surface area contributed by atoms with E-state index in [1.807, 2.05) is 18.4 Å². The van der Waals surface area contributed by atoms with Gasteiger partial charge in [0, 0.05) is 30.1 Å². The normalized spacial score (nSPS) is 14.9. The van der Waals surface area contributed by atoms with Gasteiger partial charge < -0.3 is 9.73 Å². The van der Waals surface area contributed by atoms with Gasteiger partial charge in [0.05, 0.1) is 16.9 Å². The van der Waals surface area contributed by atoms with Crippen LogP contribution in [-0.2, 0) is 10.0 Å². The molecule has 0 radical (unpaired) electrons. The zero-order valence-electron chi connectivity index (χ0n) is 18.5. The summed E-state index contributed by atoms with van der Waals surface area (Å²) in [6.07, 6.45) is 4.37. The highest BCUT2D eigenvalue weighted by atomic mass is 32.2. The molecule has 0 atom stereocenters. The van der Waals surface area contributed by atoms with Crippen LogP contribution in [0, 0.1) is 6.92 Å². The number of hydrogen-bond acceptors (Lipinski definition) is 7. The van der Waals surface area contributed by atoms with Crippen molar-refractivity contribution in [2.75, 3.05) is 18.4 Å². The minimum absolute atomic E-state index is 0.195. The van der Waals surface area contributed by atoms with Crippen molar-refractivity contribution < 1.29 is 17.6 Å². The lowest BCUT2D eigenvalue weighted by atomic mass is 10.2. The van der Waals surface area contributed by atoms with E-state index in [1.54, 1.807) is 23.1 Å². The van der Waals surface area contributed by atoms with Crippen LogP contribution in [0.5, 0.6) is 0 Å². The van der Waals surface area contributed by atoms with Crippen LogP contribution in [0.2, 0.25) is 0 Å². The Morgan fingerprint density at radius 3 is 2.59 bits per heavy atom. The molecule has 5 rings (SSSR count). The van der Waals surface area contributed by atoms with E-state index < -0.39 is 10.0 Å². The first-order valence-electron chi connectivity index (χ1n) is 10.9. The van der Waals surface area contributed by atoms with Crippen molar-refractivity contribution in [3.05, 3.63) is 65.4 Å². The summed E-state index contributed by atoms with van der Waals surface area (Å²) in [4.78, 5) is 17.7. The summed E-state index contributed by atoms with van der Waals surface area (Å²) in [6.45, 7) is 2.89. The molecule has 9 nitrogen and oxygen atoms in total. The molecule has 34 heavy (non-hydrogen) atoms. The zero-order valence-corrected chi connectivity index (χ0v) is 20.1. The first-order valence-corrected chi connectivity index (χ1v) is 13.2. The molecular weight excluding hydrogens is 474 g/mol. The van der Waals surface area contributed by atoms with E-state index >= 15 is 0 Å².